The molecule has 1 saturated heterocycles. The van der Waals surface area contributed by atoms with Crippen LogP contribution in [0.25, 0.3) is 0 Å². The first kappa shape index (κ1) is 13.5. The van der Waals surface area contributed by atoms with E-state index in [1.54, 1.807) is 0 Å². The van der Waals surface area contributed by atoms with Crippen LogP contribution in [0.3, 0.4) is 0 Å². The highest BCUT2D eigenvalue weighted by Gasteiger charge is 2.15. The van der Waals surface area contributed by atoms with Gasteiger partial charge in [-0.15, -0.1) is 0 Å². The fourth-order valence-corrected chi connectivity index (χ4v) is 2.27. The summed E-state index contributed by atoms with van der Waals surface area (Å²) in [4.78, 5) is 16.4. The molecule has 0 unspecified atom stereocenters. The molecule has 3 heteroatoms. The summed E-state index contributed by atoms with van der Waals surface area (Å²) in [5, 5.41) is 0. The molecule has 1 heterocycles. The lowest BCUT2D eigenvalue weighted by Gasteiger charge is -2.23. The van der Waals surface area contributed by atoms with E-state index >= 15 is 0 Å². The first-order chi connectivity index (χ1) is 7.77. The lowest BCUT2D eigenvalue weighted by molar-refractivity contribution is -0.131. The molecule has 1 aliphatic rings. The van der Waals surface area contributed by atoms with E-state index in [0.717, 1.165) is 32.7 Å². The SMILES string of the molecule is CCN(CC)CCC(=O)N1CCCCCC1. The van der Waals surface area contributed by atoms with Crippen molar-refractivity contribution < 1.29 is 4.79 Å². The molecular formula is C13H26N2O. The van der Waals surface area contributed by atoms with E-state index in [1.165, 1.54) is 25.7 Å². The Morgan fingerprint density at radius 2 is 1.62 bits per heavy atom. The van der Waals surface area contributed by atoms with Gasteiger partial charge in [-0.2, -0.15) is 0 Å². The lowest BCUT2D eigenvalue weighted by Crippen LogP contribution is -2.35. The van der Waals surface area contributed by atoms with Crippen molar-refractivity contribution >= 4 is 5.91 Å². The maximum Gasteiger partial charge on any atom is 0.223 e. The number of hydrogen-bond acceptors (Lipinski definition) is 2. The Labute approximate surface area is 99.8 Å². The smallest absolute Gasteiger partial charge is 0.223 e. The summed E-state index contributed by atoms with van der Waals surface area (Å²) in [6, 6.07) is 0. The van der Waals surface area contributed by atoms with Crippen LogP contribution in [-0.2, 0) is 4.79 Å². The van der Waals surface area contributed by atoms with Gasteiger partial charge in [0.1, 0.15) is 0 Å². The number of hydrogen-bond donors (Lipinski definition) is 0. The van der Waals surface area contributed by atoms with E-state index < -0.39 is 0 Å². The van der Waals surface area contributed by atoms with Gasteiger partial charge >= 0.3 is 0 Å². The third kappa shape index (κ3) is 4.52. The summed E-state index contributed by atoms with van der Waals surface area (Å²) in [6.07, 6.45) is 5.66. The number of amides is 1. The van der Waals surface area contributed by atoms with Crippen LogP contribution in [0.2, 0.25) is 0 Å². The van der Waals surface area contributed by atoms with E-state index in [0.29, 0.717) is 12.3 Å². The second kappa shape index (κ2) is 7.66. The van der Waals surface area contributed by atoms with Crippen LogP contribution in [0.4, 0.5) is 0 Å². The molecule has 1 aliphatic heterocycles. The molecule has 0 N–H and O–H groups in total. The van der Waals surface area contributed by atoms with Gasteiger partial charge in [0.2, 0.25) is 5.91 Å². The molecule has 0 aromatic heterocycles. The number of carbonyl (C=O) groups is 1. The Bertz CT molecular complexity index is 194. The molecule has 94 valence electrons. The van der Waals surface area contributed by atoms with Crippen LogP contribution < -0.4 is 0 Å². The highest BCUT2D eigenvalue weighted by molar-refractivity contribution is 5.76. The minimum atomic E-state index is 0.355. The summed E-state index contributed by atoms with van der Waals surface area (Å²) in [5.74, 6) is 0.355. The Balaban J connectivity index is 2.27. The topological polar surface area (TPSA) is 23.6 Å². The van der Waals surface area contributed by atoms with Crippen molar-refractivity contribution in [2.75, 3.05) is 32.7 Å². The second-order valence-corrected chi connectivity index (χ2v) is 4.57. The first-order valence-electron chi connectivity index (χ1n) is 6.78. The van der Waals surface area contributed by atoms with Gasteiger partial charge in [-0.25, -0.2) is 0 Å². The third-order valence-electron chi connectivity index (χ3n) is 3.50. The normalized spacial score (nSPS) is 17.6. The molecule has 0 bridgehead atoms. The highest BCUT2D eigenvalue weighted by atomic mass is 16.2. The van der Waals surface area contributed by atoms with E-state index in [9.17, 15) is 4.79 Å². The summed E-state index contributed by atoms with van der Waals surface area (Å²) in [6.45, 7) is 9.28. The van der Waals surface area contributed by atoms with E-state index in [4.69, 9.17) is 0 Å². The summed E-state index contributed by atoms with van der Waals surface area (Å²) in [7, 11) is 0. The largest absolute Gasteiger partial charge is 0.343 e. The quantitative estimate of drug-likeness (QED) is 0.717. The van der Waals surface area contributed by atoms with Crippen molar-refractivity contribution in [3.8, 4) is 0 Å². The maximum atomic E-state index is 12.0. The fraction of sp³-hybridized carbons (Fsp3) is 0.923. The minimum absolute atomic E-state index is 0.355. The van der Waals surface area contributed by atoms with Gasteiger partial charge in [-0.3, -0.25) is 4.79 Å². The molecule has 0 aliphatic carbocycles. The zero-order valence-electron chi connectivity index (χ0n) is 10.9. The van der Waals surface area contributed by atoms with Crippen LogP contribution in [-0.4, -0.2) is 48.4 Å². The Morgan fingerprint density at radius 3 is 2.12 bits per heavy atom. The van der Waals surface area contributed by atoms with Crippen LogP contribution in [0.15, 0.2) is 0 Å². The fourth-order valence-electron chi connectivity index (χ4n) is 2.27. The molecule has 16 heavy (non-hydrogen) atoms. The predicted molar refractivity (Wildman–Crippen MR) is 67.5 cm³/mol. The van der Waals surface area contributed by atoms with Crippen LogP contribution in [0.1, 0.15) is 46.0 Å². The van der Waals surface area contributed by atoms with Gasteiger partial charge in [-0.1, -0.05) is 26.7 Å². The summed E-state index contributed by atoms with van der Waals surface area (Å²) in [5.41, 5.74) is 0. The lowest BCUT2D eigenvalue weighted by atomic mass is 10.2. The molecule has 0 atom stereocenters. The Morgan fingerprint density at radius 1 is 1.06 bits per heavy atom. The van der Waals surface area contributed by atoms with Gasteiger partial charge in [-0.05, 0) is 25.9 Å². The minimum Gasteiger partial charge on any atom is -0.343 e. The zero-order valence-corrected chi connectivity index (χ0v) is 10.9. The molecule has 1 fully saturated rings. The molecule has 3 nitrogen and oxygen atoms in total. The van der Waals surface area contributed by atoms with E-state index in [1.807, 2.05) is 0 Å². The summed E-state index contributed by atoms with van der Waals surface area (Å²) < 4.78 is 0. The number of rotatable bonds is 5. The van der Waals surface area contributed by atoms with Crippen LogP contribution in [0, 0.1) is 0 Å². The van der Waals surface area contributed by atoms with Crippen molar-refractivity contribution in [2.45, 2.75) is 46.0 Å². The van der Waals surface area contributed by atoms with Crippen molar-refractivity contribution in [3.05, 3.63) is 0 Å². The zero-order chi connectivity index (χ0) is 11.8. The summed E-state index contributed by atoms with van der Waals surface area (Å²) >= 11 is 0. The maximum absolute atomic E-state index is 12.0. The molecule has 0 spiro atoms. The van der Waals surface area contributed by atoms with Crippen LogP contribution in [0.5, 0.6) is 0 Å². The molecule has 1 amide bonds. The molecule has 0 aromatic rings. The van der Waals surface area contributed by atoms with E-state index in [-0.39, 0.29) is 0 Å². The number of likely N-dealkylation sites (tertiary alicyclic amines) is 1. The molecular weight excluding hydrogens is 200 g/mol. The number of carbonyl (C=O) groups excluding carboxylic acids is 1. The van der Waals surface area contributed by atoms with Gasteiger partial charge < -0.3 is 9.80 Å². The Kier molecular flexibility index (Phi) is 6.46. The van der Waals surface area contributed by atoms with E-state index in [2.05, 4.69) is 23.6 Å². The van der Waals surface area contributed by atoms with Crippen molar-refractivity contribution in [3.63, 3.8) is 0 Å². The van der Waals surface area contributed by atoms with Crippen molar-refractivity contribution in [2.24, 2.45) is 0 Å². The van der Waals surface area contributed by atoms with Gasteiger partial charge in [0.15, 0.2) is 0 Å². The Hall–Kier alpha value is -0.570. The predicted octanol–water partition coefficient (Wildman–Crippen LogP) is 2.12. The second-order valence-electron chi connectivity index (χ2n) is 4.57. The van der Waals surface area contributed by atoms with Gasteiger partial charge in [0.25, 0.3) is 0 Å². The highest BCUT2D eigenvalue weighted by Crippen LogP contribution is 2.10. The van der Waals surface area contributed by atoms with Gasteiger partial charge in [0.05, 0.1) is 0 Å². The number of nitrogens with zero attached hydrogens (tertiary/aromatic N) is 2. The average Bonchev–Trinajstić information content (AvgIpc) is 2.58. The van der Waals surface area contributed by atoms with Gasteiger partial charge in [0, 0.05) is 26.1 Å². The van der Waals surface area contributed by atoms with Crippen LogP contribution >= 0.6 is 0 Å². The molecule has 0 radical (unpaired) electrons. The first-order valence-corrected chi connectivity index (χ1v) is 6.78. The average molecular weight is 226 g/mol. The third-order valence-corrected chi connectivity index (χ3v) is 3.50. The van der Waals surface area contributed by atoms with Crippen molar-refractivity contribution in [1.82, 2.24) is 9.80 Å². The molecule has 1 rings (SSSR count). The standard InChI is InChI=1S/C13H26N2O/c1-3-14(4-2)12-9-13(16)15-10-7-5-6-8-11-15/h3-12H2,1-2H3. The van der Waals surface area contributed by atoms with Crippen molar-refractivity contribution in [1.29, 1.82) is 0 Å². The molecule has 0 aromatic carbocycles. The molecule has 0 saturated carbocycles. The monoisotopic (exact) mass is 226 g/mol.